The van der Waals surface area contributed by atoms with Crippen LogP contribution < -0.4 is 9.64 Å². The number of hydrogen-bond donors (Lipinski definition) is 1. The summed E-state index contributed by atoms with van der Waals surface area (Å²) in [4.78, 5) is 33.8. The van der Waals surface area contributed by atoms with Crippen molar-refractivity contribution in [1.29, 1.82) is 0 Å². The summed E-state index contributed by atoms with van der Waals surface area (Å²) in [5.41, 5.74) is 2.31. The van der Waals surface area contributed by atoms with Crippen LogP contribution in [0.3, 0.4) is 0 Å². The number of aromatic nitrogens is 2. The smallest absolute Gasteiger partial charge is 0.295 e. The predicted octanol–water partition coefficient (Wildman–Crippen LogP) is 3.47. The zero-order chi connectivity index (χ0) is 24.2. The van der Waals surface area contributed by atoms with E-state index >= 15 is 0 Å². The molecule has 2 aromatic carbocycles. The van der Waals surface area contributed by atoms with Crippen LogP contribution in [0.5, 0.6) is 5.75 Å². The third-order valence-corrected chi connectivity index (χ3v) is 6.00. The zero-order valence-corrected chi connectivity index (χ0v) is 19.5. The molecule has 1 aromatic heterocycles. The number of ketones is 1. The molecule has 0 spiro atoms. The molecule has 1 aliphatic heterocycles. The number of carbonyl (C=O) groups excluding carboxylic acids is 2. The van der Waals surface area contributed by atoms with Crippen molar-refractivity contribution >= 4 is 23.1 Å². The molecule has 34 heavy (non-hydrogen) atoms. The highest BCUT2D eigenvalue weighted by molar-refractivity contribution is 6.46. The summed E-state index contributed by atoms with van der Waals surface area (Å²) in [5, 5.41) is 11.2. The van der Waals surface area contributed by atoms with Gasteiger partial charge >= 0.3 is 0 Å². The molecule has 0 radical (unpaired) electrons. The van der Waals surface area contributed by atoms with Gasteiger partial charge in [0.25, 0.3) is 11.7 Å². The fraction of sp³-hybridized carbons (Fsp3) is 0.269. The maximum Gasteiger partial charge on any atom is 0.295 e. The first kappa shape index (κ1) is 23.1. The molecule has 2 heterocycles. The zero-order valence-electron chi connectivity index (χ0n) is 19.5. The molecule has 8 nitrogen and oxygen atoms in total. The molecule has 0 bridgehead atoms. The molecule has 1 saturated heterocycles. The lowest BCUT2D eigenvalue weighted by Crippen LogP contribution is -2.31. The molecule has 3 aromatic rings. The monoisotopic (exact) mass is 460 g/mol. The molecule has 1 aliphatic rings. The second-order valence-electron chi connectivity index (χ2n) is 8.36. The Morgan fingerprint density at radius 3 is 2.35 bits per heavy atom. The fourth-order valence-electron chi connectivity index (χ4n) is 4.16. The van der Waals surface area contributed by atoms with Crippen LogP contribution in [0.1, 0.15) is 23.6 Å². The van der Waals surface area contributed by atoms with Crippen molar-refractivity contribution in [3.05, 3.63) is 84.0 Å². The van der Waals surface area contributed by atoms with E-state index in [0.29, 0.717) is 30.8 Å². The summed E-state index contributed by atoms with van der Waals surface area (Å²) in [5.74, 6) is -0.854. The first-order valence-electron chi connectivity index (χ1n) is 11.1. The number of hydrogen-bond acceptors (Lipinski definition) is 6. The second kappa shape index (κ2) is 9.82. The largest absolute Gasteiger partial charge is 0.507 e. The third-order valence-electron chi connectivity index (χ3n) is 6.00. The SMILES string of the molecule is COc1ccc(C(O)=C2C(=O)C(=O)N(CCCn3ccnc3)[C@H]2c2ccc(N(C)C)cc2)cc1. The highest BCUT2D eigenvalue weighted by atomic mass is 16.5. The molecule has 8 heteroatoms. The van der Waals surface area contributed by atoms with E-state index in [0.717, 1.165) is 11.3 Å². The van der Waals surface area contributed by atoms with Gasteiger partial charge in [-0.25, -0.2) is 4.98 Å². The lowest BCUT2D eigenvalue weighted by atomic mass is 9.95. The number of anilines is 1. The topological polar surface area (TPSA) is 87.9 Å². The summed E-state index contributed by atoms with van der Waals surface area (Å²) in [6.07, 6.45) is 5.91. The van der Waals surface area contributed by atoms with Crippen LogP contribution in [0.4, 0.5) is 5.69 Å². The number of aryl methyl sites for hydroxylation is 1. The van der Waals surface area contributed by atoms with Crippen molar-refractivity contribution in [2.24, 2.45) is 0 Å². The third kappa shape index (κ3) is 4.52. The van der Waals surface area contributed by atoms with Crippen molar-refractivity contribution in [2.75, 3.05) is 32.6 Å². The van der Waals surface area contributed by atoms with Gasteiger partial charge in [0.2, 0.25) is 0 Å². The van der Waals surface area contributed by atoms with Crippen LogP contribution in [0.25, 0.3) is 5.76 Å². The van der Waals surface area contributed by atoms with Crippen LogP contribution in [-0.2, 0) is 16.1 Å². The lowest BCUT2D eigenvalue weighted by molar-refractivity contribution is -0.139. The standard InChI is InChI=1S/C26H28N4O4/c1-28(2)20-9-5-18(6-10-20)23-22(24(31)19-7-11-21(34-3)12-8-19)25(32)26(33)30(23)15-4-14-29-16-13-27-17-29/h5-13,16-17,23,31H,4,14-15H2,1-3H3/t23-/m0/s1. The first-order chi connectivity index (χ1) is 16.4. The van der Waals surface area contributed by atoms with E-state index in [1.807, 2.05) is 54.0 Å². The van der Waals surface area contributed by atoms with Crippen molar-refractivity contribution in [2.45, 2.75) is 19.0 Å². The average molecular weight is 461 g/mol. The van der Waals surface area contributed by atoms with Crippen LogP contribution in [-0.4, -0.2) is 59.0 Å². The highest BCUT2D eigenvalue weighted by Crippen LogP contribution is 2.40. The van der Waals surface area contributed by atoms with E-state index < -0.39 is 17.7 Å². The average Bonchev–Trinajstić information content (AvgIpc) is 3.46. The van der Waals surface area contributed by atoms with Gasteiger partial charge in [0.1, 0.15) is 11.5 Å². The minimum Gasteiger partial charge on any atom is -0.507 e. The summed E-state index contributed by atoms with van der Waals surface area (Å²) >= 11 is 0. The van der Waals surface area contributed by atoms with Crippen LogP contribution >= 0.6 is 0 Å². The number of benzene rings is 2. The Morgan fingerprint density at radius 2 is 1.76 bits per heavy atom. The number of ether oxygens (including phenoxy) is 1. The number of aliphatic hydroxyl groups excluding tert-OH is 1. The van der Waals surface area contributed by atoms with Crippen molar-refractivity contribution in [1.82, 2.24) is 14.5 Å². The van der Waals surface area contributed by atoms with Gasteiger partial charge in [-0.2, -0.15) is 0 Å². The molecule has 0 unspecified atom stereocenters. The Balaban J connectivity index is 1.72. The Kier molecular flexibility index (Phi) is 6.67. The van der Waals surface area contributed by atoms with E-state index in [1.54, 1.807) is 48.8 Å². The van der Waals surface area contributed by atoms with Gasteiger partial charge in [0.15, 0.2) is 0 Å². The van der Waals surface area contributed by atoms with Gasteiger partial charge in [0.05, 0.1) is 25.1 Å². The van der Waals surface area contributed by atoms with Crippen molar-refractivity contribution in [3.63, 3.8) is 0 Å². The van der Waals surface area contributed by atoms with Crippen LogP contribution in [0.2, 0.25) is 0 Å². The first-order valence-corrected chi connectivity index (χ1v) is 11.1. The molecule has 0 aliphatic carbocycles. The summed E-state index contributed by atoms with van der Waals surface area (Å²) < 4.78 is 7.11. The number of likely N-dealkylation sites (tertiary alicyclic amines) is 1. The summed E-state index contributed by atoms with van der Waals surface area (Å²) in [6.45, 7) is 1.02. The number of Topliss-reactive ketones (excluding diaryl/α,β-unsaturated/α-hetero) is 1. The van der Waals surface area contributed by atoms with Gasteiger partial charge in [-0.05, 0) is 48.4 Å². The van der Waals surface area contributed by atoms with Gasteiger partial charge in [0, 0.05) is 50.8 Å². The molecule has 1 atom stereocenters. The Labute approximate surface area is 198 Å². The minimum atomic E-state index is -0.683. The van der Waals surface area contributed by atoms with E-state index in [-0.39, 0.29) is 11.3 Å². The number of imidazole rings is 1. The molecule has 4 rings (SSSR count). The number of carbonyl (C=O) groups is 2. The number of aliphatic hydroxyl groups is 1. The highest BCUT2D eigenvalue weighted by Gasteiger charge is 2.45. The summed E-state index contributed by atoms with van der Waals surface area (Å²) in [6, 6.07) is 13.8. The summed E-state index contributed by atoms with van der Waals surface area (Å²) in [7, 11) is 5.45. The van der Waals surface area contributed by atoms with E-state index in [2.05, 4.69) is 4.98 Å². The van der Waals surface area contributed by atoms with Gasteiger partial charge < -0.3 is 24.2 Å². The molecular weight excluding hydrogens is 432 g/mol. The second-order valence-corrected chi connectivity index (χ2v) is 8.36. The van der Waals surface area contributed by atoms with Crippen molar-refractivity contribution in [3.8, 4) is 5.75 Å². The Bertz CT molecular complexity index is 1180. The molecule has 0 saturated carbocycles. The number of amides is 1. The predicted molar refractivity (Wildman–Crippen MR) is 130 cm³/mol. The number of rotatable bonds is 8. The molecule has 1 amide bonds. The molecule has 176 valence electrons. The molecule has 1 fully saturated rings. The number of methoxy groups -OCH3 is 1. The quantitative estimate of drug-likeness (QED) is 0.315. The normalized spacial score (nSPS) is 17.3. The Hall–Kier alpha value is -4.07. The van der Waals surface area contributed by atoms with Gasteiger partial charge in [-0.15, -0.1) is 0 Å². The van der Waals surface area contributed by atoms with Crippen molar-refractivity contribution < 1.29 is 19.4 Å². The molecular formula is C26H28N4O4. The molecule has 1 N–H and O–H groups in total. The van der Waals surface area contributed by atoms with E-state index in [9.17, 15) is 14.7 Å². The number of nitrogens with zero attached hydrogens (tertiary/aromatic N) is 4. The fourth-order valence-corrected chi connectivity index (χ4v) is 4.16. The van der Waals surface area contributed by atoms with Crippen LogP contribution in [0, 0.1) is 0 Å². The maximum atomic E-state index is 13.1. The van der Waals surface area contributed by atoms with E-state index in [1.165, 1.54) is 0 Å². The lowest BCUT2D eigenvalue weighted by Gasteiger charge is -2.26. The van der Waals surface area contributed by atoms with E-state index in [4.69, 9.17) is 4.74 Å². The van der Waals surface area contributed by atoms with Gasteiger partial charge in [-0.1, -0.05) is 12.1 Å². The van der Waals surface area contributed by atoms with Gasteiger partial charge in [-0.3, -0.25) is 9.59 Å². The Morgan fingerprint density at radius 1 is 1.06 bits per heavy atom. The minimum absolute atomic E-state index is 0.0930. The van der Waals surface area contributed by atoms with Crippen LogP contribution in [0.15, 0.2) is 72.8 Å². The maximum absolute atomic E-state index is 13.1.